The fourth-order valence-corrected chi connectivity index (χ4v) is 4.11. The molecule has 30 heavy (non-hydrogen) atoms. The Morgan fingerprint density at radius 3 is 2.60 bits per heavy atom. The Labute approximate surface area is 174 Å². The summed E-state index contributed by atoms with van der Waals surface area (Å²) in [6.45, 7) is 8.17. The second kappa shape index (κ2) is 8.96. The van der Waals surface area contributed by atoms with Crippen LogP contribution in [0, 0.1) is 6.92 Å². The maximum atomic E-state index is 10.6. The van der Waals surface area contributed by atoms with Gasteiger partial charge >= 0.3 is 12.1 Å². The molecule has 3 aromatic heterocycles. The van der Waals surface area contributed by atoms with E-state index in [1.54, 1.807) is 12.7 Å². The van der Waals surface area contributed by atoms with Gasteiger partial charge in [-0.15, -0.1) is 11.3 Å². The smallest absolute Gasteiger partial charge is 0.475 e. The molecule has 1 unspecified atom stereocenters. The highest BCUT2D eigenvalue weighted by Gasteiger charge is 2.38. The lowest BCUT2D eigenvalue weighted by Gasteiger charge is -2.34. The number of carbonyl (C=O) groups is 1. The quantitative estimate of drug-likeness (QED) is 0.668. The summed E-state index contributed by atoms with van der Waals surface area (Å²) in [7, 11) is 0. The zero-order chi connectivity index (χ0) is 21.9. The first-order chi connectivity index (χ1) is 14.1. The standard InChI is InChI=1S/C16H20N6S.C2HF3O2/c1-12-3-4-15(23-12)9-20-5-6-22-14(7-18-16(22)13(20)2)8-21-11-17-10-19-21;3-2(4,5)1(6)7/h3-4,7,10-11,13H,5-6,8-9H2,1-2H3;(H,6,7). The van der Waals surface area contributed by atoms with Gasteiger partial charge in [-0.25, -0.2) is 19.4 Å². The van der Waals surface area contributed by atoms with Crippen LogP contribution in [-0.2, 0) is 24.4 Å². The van der Waals surface area contributed by atoms with Gasteiger partial charge in [-0.2, -0.15) is 18.3 Å². The third kappa shape index (κ3) is 5.25. The molecule has 1 atom stereocenters. The van der Waals surface area contributed by atoms with Gasteiger partial charge in [-0.1, -0.05) is 0 Å². The van der Waals surface area contributed by atoms with Crippen LogP contribution in [0.2, 0.25) is 0 Å². The number of hydrogen-bond acceptors (Lipinski definition) is 6. The van der Waals surface area contributed by atoms with Crippen molar-refractivity contribution in [3.63, 3.8) is 0 Å². The van der Waals surface area contributed by atoms with Crippen LogP contribution in [0.15, 0.2) is 31.0 Å². The molecule has 4 heterocycles. The van der Waals surface area contributed by atoms with E-state index in [1.807, 2.05) is 22.2 Å². The van der Waals surface area contributed by atoms with Gasteiger partial charge in [-0.3, -0.25) is 4.90 Å². The van der Waals surface area contributed by atoms with Crippen LogP contribution < -0.4 is 0 Å². The van der Waals surface area contributed by atoms with Crippen LogP contribution in [0.3, 0.4) is 0 Å². The number of halogens is 3. The molecule has 0 fully saturated rings. The first-order valence-electron chi connectivity index (χ1n) is 9.11. The van der Waals surface area contributed by atoms with Crippen LogP contribution >= 0.6 is 11.3 Å². The lowest BCUT2D eigenvalue weighted by atomic mass is 10.2. The maximum absolute atomic E-state index is 10.6. The molecule has 1 aliphatic rings. The zero-order valence-electron chi connectivity index (χ0n) is 16.4. The molecule has 0 aromatic carbocycles. The minimum Gasteiger partial charge on any atom is -0.475 e. The van der Waals surface area contributed by atoms with E-state index >= 15 is 0 Å². The van der Waals surface area contributed by atoms with Crippen molar-refractivity contribution < 1.29 is 23.1 Å². The molecule has 1 N–H and O–H groups in total. The fraction of sp³-hybridized carbons (Fsp3) is 0.444. The predicted octanol–water partition coefficient (Wildman–Crippen LogP) is 3.10. The molecule has 8 nitrogen and oxygen atoms in total. The Kier molecular flexibility index (Phi) is 6.56. The molecule has 0 spiro atoms. The van der Waals surface area contributed by atoms with Crippen molar-refractivity contribution in [2.24, 2.45) is 0 Å². The molecule has 0 aliphatic carbocycles. The van der Waals surface area contributed by atoms with Crippen molar-refractivity contribution in [1.82, 2.24) is 29.2 Å². The number of hydrogen-bond donors (Lipinski definition) is 1. The van der Waals surface area contributed by atoms with Crippen molar-refractivity contribution in [3.8, 4) is 0 Å². The maximum Gasteiger partial charge on any atom is 0.490 e. The summed E-state index contributed by atoms with van der Waals surface area (Å²) in [6, 6.07) is 4.77. The van der Waals surface area contributed by atoms with E-state index in [2.05, 4.69) is 50.5 Å². The molecule has 0 saturated heterocycles. The van der Waals surface area contributed by atoms with Crippen LogP contribution in [0.5, 0.6) is 0 Å². The summed E-state index contributed by atoms with van der Waals surface area (Å²) in [5.74, 6) is -1.60. The Morgan fingerprint density at radius 1 is 1.30 bits per heavy atom. The molecular formula is C18H21F3N6O2S. The van der Waals surface area contributed by atoms with Gasteiger partial charge in [0.25, 0.3) is 0 Å². The van der Waals surface area contributed by atoms with E-state index in [1.165, 1.54) is 15.4 Å². The van der Waals surface area contributed by atoms with Gasteiger partial charge in [-0.05, 0) is 26.0 Å². The van der Waals surface area contributed by atoms with Gasteiger partial charge in [0.1, 0.15) is 18.5 Å². The summed E-state index contributed by atoms with van der Waals surface area (Å²) in [6.07, 6.45) is 0.213. The zero-order valence-corrected chi connectivity index (χ0v) is 17.2. The first kappa shape index (κ1) is 22.0. The minimum atomic E-state index is -5.08. The number of imidazole rings is 1. The van der Waals surface area contributed by atoms with E-state index in [0.29, 0.717) is 6.04 Å². The molecule has 0 saturated carbocycles. The first-order valence-corrected chi connectivity index (χ1v) is 9.93. The van der Waals surface area contributed by atoms with E-state index < -0.39 is 12.1 Å². The number of rotatable bonds is 4. The number of thiophene rings is 1. The number of aryl methyl sites for hydroxylation is 1. The molecule has 0 amide bonds. The average Bonchev–Trinajstić information content (AvgIpc) is 3.40. The lowest BCUT2D eigenvalue weighted by molar-refractivity contribution is -0.192. The highest BCUT2D eigenvalue weighted by Crippen LogP contribution is 2.28. The number of carboxylic acids is 1. The second-order valence-electron chi connectivity index (χ2n) is 6.81. The third-order valence-electron chi connectivity index (χ3n) is 4.69. The normalized spacial score (nSPS) is 16.6. The van der Waals surface area contributed by atoms with E-state index in [-0.39, 0.29) is 0 Å². The molecule has 0 radical (unpaired) electrons. The minimum absolute atomic E-state index is 0.329. The Bertz CT molecular complexity index is 983. The number of alkyl halides is 3. The van der Waals surface area contributed by atoms with Gasteiger partial charge in [0.15, 0.2) is 0 Å². The van der Waals surface area contributed by atoms with Gasteiger partial charge in [0, 0.05) is 29.4 Å². The Hall–Kier alpha value is -2.73. The third-order valence-corrected chi connectivity index (χ3v) is 5.67. The van der Waals surface area contributed by atoms with E-state index in [4.69, 9.17) is 9.90 Å². The molecular weight excluding hydrogens is 421 g/mol. The predicted molar refractivity (Wildman–Crippen MR) is 103 cm³/mol. The van der Waals surface area contributed by atoms with Crippen molar-refractivity contribution in [1.29, 1.82) is 0 Å². The summed E-state index contributed by atoms with van der Waals surface area (Å²) >= 11 is 1.89. The number of fused-ring (bicyclic) bond motifs is 1. The topological polar surface area (TPSA) is 89.1 Å². The van der Waals surface area contributed by atoms with Gasteiger partial charge < -0.3 is 9.67 Å². The van der Waals surface area contributed by atoms with Crippen molar-refractivity contribution in [2.45, 2.75) is 45.7 Å². The van der Waals surface area contributed by atoms with Gasteiger partial charge in [0.2, 0.25) is 0 Å². The highest BCUT2D eigenvalue weighted by molar-refractivity contribution is 7.11. The number of carboxylic acid groups (broad SMARTS) is 1. The monoisotopic (exact) mass is 442 g/mol. The van der Waals surface area contributed by atoms with Crippen LogP contribution in [0.25, 0.3) is 0 Å². The van der Waals surface area contributed by atoms with Crippen LogP contribution in [0.4, 0.5) is 13.2 Å². The van der Waals surface area contributed by atoms with E-state index in [0.717, 1.165) is 32.0 Å². The summed E-state index contributed by atoms with van der Waals surface area (Å²) in [5.41, 5.74) is 1.20. The fourth-order valence-electron chi connectivity index (χ4n) is 3.20. The Morgan fingerprint density at radius 2 is 2.03 bits per heavy atom. The van der Waals surface area contributed by atoms with Crippen molar-refractivity contribution >= 4 is 17.3 Å². The Balaban J connectivity index is 0.000000318. The van der Waals surface area contributed by atoms with Crippen LogP contribution in [0.1, 0.15) is 34.2 Å². The van der Waals surface area contributed by atoms with Crippen molar-refractivity contribution in [2.75, 3.05) is 6.54 Å². The molecule has 162 valence electrons. The molecule has 12 heteroatoms. The highest BCUT2D eigenvalue weighted by atomic mass is 32.1. The van der Waals surface area contributed by atoms with Crippen molar-refractivity contribution in [3.05, 3.63) is 52.3 Å². The largest absolute Gasteiger partial charge is 0.490 e. The SMILES string of the molecule is Cc1ccc(CN2CCn3c(Cn4cncn4)cnc3C2C)s1.O=C(O)C(F)(F)F. The molecule has 4 rings (SSSR count). The molecule has 1 aliphatic heterocycles. The lowest BCUT2D eigenvalue weighted by Crippen LogP contribution is -2.37. The summed E-state index contributed by atoms with van der Waals surface area (Å²) < 4.78 is 35.9. The second-order valence-corrected chi connectivity index (χ2v) is 8.19. The number of aromatic nitrogens is 5. The average molecular weight is 442 g/mol. The number of nitrogens with zero attached hydrogens (tertiary/aromatic N) is 6. The molecule has 3 aromatic rings. The number of aliphatic carboxylic acids is 1. The molecule has 0 bridgehead atoms. The summed E-state index contributed by atoms with van der Waals surface area (Å²) in [5, 5.41) is 11.3. The van der Waals surface area contributed by atoms with E-state index in [9.17, 15) is 13.2 Å². The van der Waals surface area contributed by atoms with Gasteiger partial charge in [0.05, 0.1) is 24.5 Å². The summed E-state index contributed by atoms with van der Waals surface area (Å²) in [4.78, 5) is 22.9. The van der Waals surface area contributed by atoms with Crippen LogP contribution in [-0.4, -0.2) is 53.0 Å².